The molecule has 0 aliphatic rings. The van der Waals surface area contributed by atoms with Gasteiger partial charge in [-0.25, -0.2) is 18.4 Å². The van der Waals surface area contributed by atoms with Gasteiger partial charge in [-0.05, 0) is 48.9 Å². The number of aryl methyl sites for hydroxylation is 1. The molecule has 0 aliphatic carbocycles. The fraction of sp³-hybridized carbons (Fsp3) is 0.176. The smallest absolute Gasteiger partial charge is 0.263 e. The van der Waals surface area contributed by atoms with Gasteiger partial charge in [-0.15, -0.1) is 0 Å². The first kappa shape index (κ1) is 18.4. The number of nitrogens with one attached hydrogen (secondary N) is 2. The summed E-state index contributed by atoms with van der Waals surface area (Å²) >= 11 is 5.81. The lowest BCUT2D eigenvalue weighted by molar-refractivity contribution is 0.311. The molecule has 7 nitrogen and oxygen atoms in total. The third kappa shape index (κ3) is 4.04. The fourth-order valence-electron chi connectivity index (χ4n) is 2.33. The Morgan fingerprint density at radius 1 is 1.04 bits per heavy atom. The SMILES string of the molecule is Cc1ccc2nc(NS(=O)(=O)c3ccc(Cl)cc3)c(NCCO)nc2c1. The average molecular weight is 393 g/mol. The molecule has 26 heavy (non-hydrogen) atoms. The lowest BCUT2D eigenvalue weighted by atomic mass is 10.2. The van der Waals surface area contributed by atoms with Crippen molar-refractivity contribution in [1.82, 2.24) is 9.97 Å². The highest BCUT2D eigenvalue weighted by molar-refractivity contribution is 7.92. The molecule has 0 fully saturated rings. The van der Waals surface area contributed by atoms with E-state index in [4.69, 9.17) is 16.7 Å². The summed E-state index contributed by atoms with van der Waals surface area (Å²) in [5, 5.41) is 12.4. The van der Waals surface area contributed by atoms with Gasteiger partial charge in [0.15, 0.2) is 11.6 Å². The Morgan fingerprint density at radius 2 is 1.73 bits per heavy atom. The van der Waals surface area contributed by atoms with Crippen molar-refractivity contribution in [2.24, 2.45) is 0 Å². The molecule has 0 bridgehead atoms. The van der Waals surface area contributed by atoms with E-state index >= 15 is 0 Å². The van der Waals surface area contributed by atoms with Crippen LogP contribution in [0.5, 0.6) is 0 Å². The van der Waals surface area contributed by atoms with Gasteiger partial charge < -0.3 is 10.4 Å². The highest BCUT2D eigenvalue weighted by Crippen LogP contribution is 2.25. The number of sulfonamides is 1. The maximum atomic E-state index is 12.6. The molecule has 0 unspecified atom stereocenters. The Kier molecular flexibility index (Phi) is 5.26. The molecule has 0 aliphatic heterocycles. The van der Waals surface area contributed by atoms with Crippen molar-refractivity contribution >= 4 is 44.3 Å². The number of fused-ring (bicyclic) bond motifs is 1. The molecular weight excluding hydrogens is 376 g/mol. The predicted molar refractivity (Wildman–Crippen MR) is 102 cm³/mol. The Balaban J connectivity index is 2.04. The Hall–Kier alpha value is -2.42. The first-order valence-electron chi connectivity index (χ1n) is 7.80. The van der Waals surface area contributed by atoms with Crippen LogP contribution in [0, 0.1) is 6.92 Å². The molecule has 0 spiro atoms. The molecule has 2 aromatic carbocycles. The topological polar surface area (TPSA) is 104 Å². The van der Waals surface area contributed by atoms with E-state index in [9.17, 15) is 8.42 Å². The molecular formula is C17H17ClN4O3S. The van der Waals surface area contributed by atoms with E-state index in [0.717, 1.165) is 5.56 Å². The summed E-state index contributed by atoms with van der Waals surface area (Å²) in [5.41, 5.74) is 2.19. The van der Waals surface area contributed by atoms with Gasteiger partial charge in [0.2, 0.25) is 0 Å². The molecule has 0 radical (unpaired) electrons. The van der Waals surface area contributed by atoms with E-state index in [0.29, 0.717) is 16.1 Å². The quantitative estimate of drug-likeness (QED) is 0.595. The second-order valence-corrected chi connectivity index (χ2v) is 7.74. The number of anilines is 2. The van der Waals surface area contributed by atoms with Crippen LogP contribution in [-0.2, 0) is 10.0 Å². The lowest BCUT2D eigenvalue weighted by Gasteiger charge is -2.13. The van der Waals surface area contributed by atoms with Crippen molar-refractivity contribution in [3.8, 4) is 0 Å². The van der Waals surface area contributed by atoms with Crippen molar-refractivity contribution in [2.45, 2.75) is 11.8 Å². The van der Waals surface area contributed by atoms with Crippen LogP contribution in [-0.4, -0.2) is 36.6 Å². The number of aliphatic hydroxyl groups is 1. The second-order valence-electron chi connectivity index (χ2n) is 5.62. The van der Waals surface area contributed by atoms with Crippen molar-refractivity contribution in [3.05, 3.63) is 53.1 Å². The van der Waals surface area contributed by atoms with Gasteiger partial charge in [0, 0.05) is 11.6 Å². The normalized spacial score (nSPS) is 11.5. The Bertz CT molecular complexity index is 1040. The van der Waals surface area contributed by atoms with E-state index in [1.54, 1.807) is 6.07 Å². The summed E-state index contributed by atoms with van der Waals surface area (Å²) in [6, 6.07) is 11.3. The van der Waals surface area contributed by atoms with E-state index in [1.165, 1.54) is 24.3 Å². The summed E-state index contributed by atoms with van der Waals surface area (Å²) in [4.78, 5) is 8.86. The molecule has 1 heterocycles. The molecule has 0 amide bonds. The highest BCUT2D eigenvalue weighted by atomic mass is 35.5. The zero-order valence-corrected chi connectivity index (χ0v) is 15.5. The molecule has 3 N–H and O–H groups in total. The largest absolute Gasteiger partial charge is 0.395 e. The first-order valence-corrected chi connectivity index (χ1v) is 9.67. The third-order valence-electron chi connectivity index (χ3n) is 3.58. The summed E-state index contributed by atoms with van der Waals surface area (Å²) in [7, 11) is -3.87. The van der Waals surface area contributed by atoms with Crippen LogP contribution in [0.3, 0.4) is 0 Å². The minimum Gasteiger partial charge on any atom is -0.395 e. The lowest BCUT2D eigenvalue weighted by Crippen LogP contribution is -2.17. The zero-order chi connectivity index (χ0) is 18.7. The highest BCUT2D eigenvalue weighted by Gasteiger charge is 2.18. The maximum absolute atomic E-state index is 12.6. The van der Waals surface area contributed by atoms with Gasteiger partial charge in [-0.3, -0.25) is 4.72 Å². The van der Waals surface area contributed by atoms with Crippen LogP contribution < -0.4 is 10.0 Å². The maximum Gasteiger partial charge on any atom is 0.263 e. The Labute approximate surface area is 156 Å². The second kappa shape index (κ2) is 7.45. The molecule has 3 rings (SSSR count). The number of hydrogen-bond donors (Lipinski definition) is 3. The first-order chi connectivity index (χ1) is 12.4. The van der Waals surface area contributed by atoms with Crippen molar-refractivity contribution in [3.63, 3.8) is 0 Å². The van der Waals surface area contributed by atoms with Gasteiger partial charge in [0.05, 0.1) is 22.5 Å². The predicted octanol–water partition coefficient (Wildman–Crippen LogP) is 2.80. The molecule has 0 saturated heterocycles. The van der Waals surface area contributed by atoms with E-state index in [1.807, 2.05) is 19.1 Å². The van der Waals surface area contributed by atoms with Crippen molar-refractivity contribution < 1.29 is 13.5 Å². The van der Waals surface area contributed by atoms with Crippen LogP contribution >= 0.6 is 11.6 Å². The number of rotatable bonds is 6. The fourth-order valence-corrected chi connectivity index (χ4v) is 3.47. The summed E-state index contributed by atoms with van der Waals surface area (Å²) in [5.74, 6) is 0.305. The van der Waals surface area contributed by atoms with Crippen LogP contribution in [0.15, 0.2) is 47.4 Å². The van der Waals surface area contributed by atoms with Crippen molar-refractivity contribution in [1.29, 1.82) is 0 Å². The number of hydrogen-bond acceptors (Lipinski definition) is 6. The average Bonchev–Trinajstić information content (AvgIpc) is 2.60. The summed E-state index contributed by atoms with van der Waals surface area (Å²) in [6.07, 6.45) is 0. The van der Waals surface area contributed by atoms with Gasteiger partial charge >= 0.3 is 0 Å². The molecule has 9 heteroatoms. The van der Waals surface area contributed by atoms with E-state index in [-0.39, 0.29) is 29.7 Å². The van der Waals surface area contributed by atoms with Gasteiger partial charge in [-0.2, -0.15) is 0 Å². The number of nitrogens with zero attached hydrogens (tertiary/aromatic N) is 2. The molecule has 0 atom stereocenters. The summed E-state index contributed by atoms with van der Waals surface area (Å²) < 4.78 is 27.7. The molecule has 1 aromatic heterocycles. The number of aliphatic hydroxyl groups excluding tert-OH is 1. The molecule has 0 saturated carbocycles. The van der Waals surface area contributed by atoms with Crippen LogP contribution in [0.2, 0.25) is 5.02 Å². The van der Waals surface area contributed by atoms with Crippen molar-refractivity contribution in [2.75, 3.05) is 23.2 Å². The third-order valence-corrected chi connectivity index (χ3v) is 5.19. The molecule has 136 valence electrons. The summed E-state index contributed by atoms with van der Waals surface area (Å²) in [6.45, 7) is 2.01. The van der Waals surface area contributed by atoms with E-state index in [2.05, 4.69) is 20.0 Å². The van der Waals surface area contributed by atoms with E-state index < -0.39 is 10.0 Å². The minimum absolute atomic E-state index is 0.0563. The zero-order valence-electron chi connectivity index (χ0n) is 13.9. The Morgan fingerprint density at radius 3 is 2.42 bits per heavy atom. The molecule has 3 aromatic rings. The number of aromatic nitrogens is 2. The van der Waals surface area contributed by atoms with Gasteiger partial charge in [0.25, 0.3) is 10.0 Å². The monoisotopic (exact) mass is 392 g/mol. The minimum atomic E-state index is -3.87. The van der Waals surface area contributed by atoms with Crippen LogP contribution in [0.4, 0.5) is 11.6 Å². The number of benzene rings is 2. The van der Waals surface area contributed by atoms with Crippen LogP contribution in [0.25, 0.3) is 11.0 Å². The van der Waals surface area contributed by atoms with Gasteiger partial charge in [-0.1, -0.05) is 17.7 Å². The van der Waals surface area contributed by atoms with Gasteiger partial charge in [0.1, 0.15) is 0 Å². The standard InChI is InChI=1S/C17H17ClN4O3S/c1-11-2-7-14-15(10-11)21-16(19-8-9-23)17(20-14)22-26(24,25)13-5-3-12(18)4-6-13/h2-7,10,23H,8-9H2,1H3,(H,19,21)(H,20,22). The number of halogens is 1. The van der Waals surface area contributed by atoms with Crippen LogP contribution in [0.1, 0.15) is 5.56 Å².